The van der Waals surface area contributed by atoms with Crippen LogP contribution in [0.2, 0.25) is 5.02 Å². The van der Waals surface area contributed by atoms with Gasteiger partial charge in [-0.15, -0.1) is 0 Å². The zero-order valence-corrected chi connectivity index (χ0v) is 15.2. The van der Waals surface area contributed by atoms with Crippen LogP contribution in [0.3, 0.4) is 0 Å². The minimum absolute atomic E-state index is 0.0615. The van der Waals surface area contributed by atoms with Crippen LogP contribution in [0.25, 0.3) is 0 Å². The van der Waals surface area contributed by atoms with Gasteiger partial charge in [0.25, 0.3) is 10.0 Å². The Kier molecular flexibility index (Phi) is 5.58. The molecule has 0 aliphatic carbocycles. The number of rotatable bonds is 5. The number of benzene rings is 1. The van der Waals surface area contributed by atoms with E-state index in [9.17, 15) is 13.5 Å². The number of aliphatic hydroxyl groups excluding tert-OH is 1. The summed E-state index contributed by atoms with van der Waals surface area (Å²) < 4.78 is 28.1. The van der Waals surface area contributed by atoms with Crippen molar-refractivity contribution in [2.45, 2.75) is 30.4 Å². The molecule has 2 aromatic rings. The lowest BCUT2D eigenvalue weighted by Gasteiger charge is -2.34. The van der Waals surface area contributed by atoms with Gasteiger partial charge in [0.15, 0.2) is 0 Å². The maximum atomic E-state index is 13.4. The van der Waals surface area contributed by atoms with E-state index in [-0.39, 0.29) is 22.6 Å². The van der Waals surface area contributed by atoms with Gasteiger partial charge in [-0.3, -0.25) is 0 Å². The number of nitrogens with one attached hydrogen (secondary N) is 1. The number of hydrogen-bond acceptors (Lipinski definition) is 5. The molecule has 2 N–H and O–H groups in total. The van der Waals surface area contributed by atoms with Gasteiger partial charge >= 0.3 is 0 Å². The zero-order chi connectivity index (χ0) is 17.9. The smallest absolute Gasteiger partial charge is 0.267 e. The van der Waals surface area contributed by atoms with Gasteiger partial charge in [0.2, 0.25) is 0 Å². The van der Waals surface area contributed by atoms with E-state index in [1.54, 1.807) is 36.4 Å². The zero-order valence-electron chi connectivity index (χ0n) is 13.6. The van der Waals surface area contributed by atoms with Crippen LogP contribution in [-0.2, 0) is 16.6 Å². The van der Waals surface area contributed by atoms with Crippen molar-refractivity contribution in [1.82, 2.24) is 10.3 Å². The van der Waals surface area contributed by atoms with Crippen LogP contribution in [0.15, 0.2) is 47.4 Å². The summed E-state index contributed by atoms with van der Waals surface area (Å²) in [5.74, 6) is 0.304. The van der Waals surface area contributed by atoms with Gasteiger partial charge in [-0.05, 0) is 50.2 Å². The Morgan fingerprint density at radius 1 is 1.16 bits per heavy atom. The topological polar surface area (TPSA) is 82.5 Å². The Bertz CT molecular complexity index is 839. The van der Waals surface area contributed by atoms with Gasteiger partial charge in [0.1, 0.15) is 10.7 Å². The minimum atomic E-state index is -3.88. The molecule has 1 fully saturated rings. The van der Waals surface area contributed by atoms with E-state index in [0.29, 0.717) is 24.4 Å². The first kappa shape index (κ1) is 18.1. The maximum absolute atomic E-state index is 13.4. The number of piperidine rings is 1. The molecule has 1 aliphatic heterocycles. The van der Waals surface area contributed by atoms with Gasteiger partial charge < -0.3 is 10.4 Å². The molecule has 0 saturated carbocycles. The highest BCUT2D eigenvalue weighted by molar-refractivity contribution is 7.93. The predicted molar refractivity (Wildman–Crippen MR) is 97.2 cm³/mol. The molecule has 2 heterocycles. The lowest BCUT2D eigenvalue weighted by Crippen LogP contribution is -2.46. The number of aromatic nitrogens is 1. The van der Waals surface area contributed by atoms with E-state index in [2.05, 4.69) is 10.3 Å². The highest BCUT2D eigenvalue weighted by Gasteiger charge is 2.34. The van der Waals surface area contributed by atoms with Crippen LogP contribution >= 0.6 is 11.6 Å². The highest BCUT2D eigenvalue weighted by Crippen LogP contribution is 2.31. The van der Waals surface area contributed by atoms with Crippen molar-refractivity contribution in [2.75, 3.05) is 17.4 Å². The van der Waals surface area contributed by atoms with E-state index in [1.165, 1.54) is 10.4 Å². The second-order valence-electron chi connectivity index (χ2n) is 5.86. The molecule has 0 bridgehead atoms. The molecule has 25 heavy (non-hydrogen) atoms. The van der Waals surface area contributed by atoms with Gasteiger partial charge in [0, 0.05) is 6.04 Å². The van der Waals surface area contributed by atoms with Crippen LogP contribution in [0.1, 0.15) is 18.5 Å². The molecule has 1 saturated heterocycles. The summed E-state index contributed by atoms with van der Waals surface area (Å²) >= 11 is 6.16. The van der Waals surface area contributed by atoms with Crippen molar-refractivity contribution >= 4 is 27.4 Å². The molecule has 0 spiro atoms. The van der Waals surface area contributed by atoms with Crippen LogP contribution in [0.4, 0.5) is 5.82 Å². The van der Waals surface area contributed by atoms with Crippen molar-refractivity contribution < 1.29 is 13.5 Å². The van der Waals surface area contributed by atoms with Crippen molar-refractivity contribution in [3.8, 4) is 0 Å². The van der Waals surface area contributed by atoms with E-state index in [1.807, 2.05) is 0 Å². The molecule has 1 aromatic heterocycles. The number of hydrogen-bond donors (Lipinski definition) is 2. The number of aliphatic hydroxyl groups is 1. The molecule has 0 radical (unpaired) electrons. The Morgan fingerprint density at radius 2 is 1.88 bits per heavy atom. The summed E-state index contributed by atoms with van der Waals surface area (Å²) in [4.78, 5) is 4.38. The lowest BCUT2D eigenvalue weighted by atomic mass is 10.1. The summed E-state index contributed by atoms with van der Waals surface area (Å²) in [6.45, 7) is 1.22. The van der Waals surface area contributed by atoms with E-state index >= 15 is 0 Å². The largest absolute Gasteiger partial charge is 0.390 e. The lowest BCUT2D eigenvalue weighted by molar-refractivity contribution is 0.277. The Labute approximate surface area is 152 Å². The number of pyridine rings is 1. The average Bonchev–Trinajstić information content (AvgIpc) is 2.63. The quantitative estimate of drug-likeness (QED) is 0.829. The summed E-state index contributed by atoms with van der Waals surface area (Å²) in [6.07, 6.45) is 1.35. The van der Waals surface area contributed by atoms with E-state index < -0.39 is 10.0 Å². The summed E-state index contributed by atoms with van der Waals surface area (Å²) in [5, 5.41) is 12.8. The van der Waals surface area contributed by atoms with Gasteiger partial charge in [-0.2, -0.15) is 0 Å². The highest BCUT2D eigenvalue weighted by atomic mass is 35.5. The molecule has 0 unspecified atom stereocenters. The molecular weight excluding hydrogens is 362 g/mol. The fraction of sp³-hybridized carbons (Fsp3) is 0.353. The van der Waals surface area contributed by atoms with Crippen LogP contribution in [-0.4, -0.2) is 37.6 Å². The molecule has 6 nitrogen and oxygen atoms in total. The summed E-state index contributed by atoms with van der Waals surface area (Å²) in [7, 11) is -3.88. The molecule has 0 amide bonds. The van der Waals surface area contributed by atoms with Crippen molar-refractivity contribution in [3.63, 3.8) is 0 Å². The predicted octanol–water partition coefficient (Wildman–Crippen LogP) is 2.17. The molecule has 8 heteroatoms. The molecular formula is C17H20ClN3O3S. The molecule has 134 valence electrons. The van der Waals surface area contributed by atoms with Crippen molar-refractivity contribution in [1.29, 1.82) is 0 Å². The third-order valence-corrected chi connectivity index (χ3v) is 6.55. The number of sulfonamides is 1. The van der Waals surface area contributed by atoms with Crippen LogP contribution in [0.5, 0.6) is 0 Å². The first-order valence-electron chi connectivity index (χ1n) is 8.10. The summed E-state index contributed by atoms with van der Waals surface area (Å²) in [5.41, 5.74) is 0.422. The number of nitrogens with zero attached hydrogens (tertiary/aromatic N) is 2. The first-order chi connectivity index (χ1) is 12.0. The number of anilines is 1. The Hall–Kier alpha value is -1.67. The second kappa shape index (κ2) is 7.70. The first-order valence-corrected chi connectivity index (χ1v) is 9.92. The van der Waals surface area contributed by atoms with E-state index in [4.69, 9.17) is 11.6 Å². The normalized spacial score (nSPS) is 15.9. The standard InChI is InChI=1S/C17H20ClN3O3S/c18-15-5-1-2-6-16(15)25(23,24)21(14-8-10-19-11-9-14)17-7-3-4-13(12-22)20-17/h1-7,14,19,22H,8-12H2. The van der Waals surface area contributed by atoms with Gasteiger partial charge in [0.05, 0.1) is 17.3 Å². The maximum Gasteiger partial charge on any atom is 0.267 e. The molecule has 1 aromatic carbocycles. The monoisotopic (exact) mass is 381 g/mol. The van der Waals surface area contributed by atoms with Crippen LogP contribution < -0.4 is 9.62 Å². The van der Waals surface area contributed by atoms with Gasteiger partial charge in [-0.25, -0.2) is 17.7 Å². The fourth-order valence-electron chi connectivity index (χ4n) is 2.99. The summed E-state index contributed by atoms with van der Waals surface area (Å²) in [6, 6.07) is 11.2. The molecule has 0 atom stereocenters. The second-order valence-corrected chi connectivity index (χ2v) is 8.05. The molecule has 1 aliphatic rings. The molecule has 3 rings (SSSR count). The fourth-order valence-corrected chi connectivity index (χ4v) is 5.14. The van der Waals surface area contributed by atoms with Crippen molar-refractivity contribution in [3.05, 3.63) is 53.2 Å². The Balaban J connectivity index is 2.11. The third kappa shape index (κ3) is 3.79. The Morgan fingerprint density at radius 3 is 2.56 bits per heavy atom. The van der Waals surface area contributed by atoms with Gasteiger partial charge in [-0.1, -0.05) is 29.8 Å². The van der Waals surface area contributed by atoms with Crippen LogP contribution in [0, 0.1) is 0 Å². The SMILES string of the molecule is O=S(=O)(c1ccccc1Cl)N(c1cccc(CO)n1)C1CCNCC1. The minimum Gasteiger partial charge on any atom is -0.390 e. The van der Waals surface area contributed by atoms with E-state index in [0.717, 1.165) is 13.1 Å². The third-order valence-electron chi connectivity index (χ3n) is 4.19. The average molecular weight is 382 g/mol. The van der Waals surface area contributed by atoms with Crippen molar-refractivity contribution in [2.24, 2.45) is 0 Å². The number of halogens is 1.